The van der Waals surface area contributed by atoms with Gasteiger partial charge in [-0.05, 0) is 33.6 Å². The summed E-state index contributed by atoms with van der Waals surface area (Å²) in [6, 6.07) is 4.44. The van der Waals surface area contributed by atoms with Gasteiger partial charge in [-0.25, -0.2) is 8.78 Å². The number of nitrogens with two attached hydrogens (primary N) is 1. The minimum absolute atomic E-state index is 0.335. The summed E-state index contributed by atoms with van der Waals surface area (Å²) in [5, 5.41) is 0. The average molecular weight is 280 g/mol. The molecule has 0 spiro atoms. The van der Waals surface area contributed by atoms with Crippen LogP contribution in [0.15, 0.2) is 22.7 Å². The Labute approximate surface area is 95.5 Å². The predicted molar refractivity (Wildman–Crippen MR) is 58.2 cm³/mol. The highest BCUT2D eigenvalue weighted by Gasteiger charge is 2.14. The van der Waals surface area contributed by atoms with E-state index in [4.69, 9.17) is 10.5 Å². The Hall–Kier alpha value is -0.680. The molecule has 1 atom stereocenters. The smallest absolute Gasteiger partial charge is 0.240 e. The van der Waals surface area contributed by atoms with Gasteiger partial charge < -0.3 is 10.5 Å². The van der Waals surface area contributed by atoms with E-state index in [0.29, 0.717) is 15.8 Å². The monoisotopic (exact) mass is 279 g/mol. The number of hydrogen-bond acceptors (Lipinski definition) is 2. The third-order valence-corrected chi connectivity index (χ3v) is 2.66. The van der Waals surface area contributed by atoms with Gasteiger partial charge in [0, 0.05) is 12.5 Å². The van der Waals surface area contributed by atoms with E-state index in [1.165, 1.54) is 0 Å². The van der Waals surface area contributed by atoms with Crippen LogP contribution in [-0.2, 0) is 0 Å². The topological polar surface area (TPSA) is 35.2 Å². The lowest BCUT2D eigenvalue weighted by Gasteiger charge is -2.13. The van der Waals surface area contributed by atoms with Crippen LogP contribution in [0.5, 0.6) is 5.75 Å². The first-order valence-electron chi connectivity index (χ1n) is 4.41. The van der Waals surface area contributed by atoms with E-state index in [2.05, 4.69) is 15.9 Å². The highest BCUT2D eigenvalue weighted by atomic mass is 79.9. The average Bonchev–Trinajstić information content (AvgIpc) is 2.16. The van der Waals surface area contributed by atoms with Crippen molar-refractivity contribution in [3.63, 3.8) is 0 Å². The molecule has 0 aliphatic carbocycles. The Bertz CT molecular complexity index is 333. The number of benzene rings is 1. The summed E-state index contributed by atoms with van der Waals surface area (Å²) in [5.41, 5.74) is 6.28. The van der Waals surface area contributed by atoms with E-state index in [0.717, 1.165) is 0 Å². The quantitative estimate of drug-likeness (QED) is 0.919. The van der Waals surface area contributed by atoms with Crippen LogP contribution in [0.4, 0.5) is 8.78 Å². The molecule has 0 bridgehead atoms. The summed E-state index contributed by atoms with van der Waals surface area (Å²) in [5.74, 6) is 0.656. The van der Waals surface area contributed by atoms with E-state index < -0.39 is 12.5 Å². The van der Waals surface area contributed by atoms with Gasteiger partial charge in [-0.2, -0.15) is 0 Å². The summed E-state index contributed by atoms with van der Waals surface area (Å²) >= 11 is 3.27. The largest absolute Gasteiger partial charge is 0.496 e. The molecule has 0 saturated carbocycles. The van der Waals surface area contributed by atoms with Crippen LogP contribution in [0.3, 0.4) is 0 Å². The van der Waals surface area contributed by atoms with Crippen molar-refractivity contribution in [1.82, 2.24) is 0 Å². The summed E-state index contributed by atoms with van der Waals surface area (Å²) in [4.78, 5) is 0. The van der Waals surface area contributed by atoms with Gasteiger partial charge in [0.15, 0.2) is 0 Å². The summed E-state index contributed by atoms with van der Waals surface area (Å²) < 4.78 is 29.9. The molecule has 15 heavy (non-hydrogen) atoms. The fourth-order valence-corrected chi connectivity index (χ4v) is 1.80. The first kappa shape index (κ1) is 12.4. The van der Waals surface area contributed by atoms with Gasteiger partial charge in [0.1, 0.15) is 5.75 Å². The highest BCUT2D eigenvalue weighted by molar-refractivity contribution is 9.10. The summed E-state index contributed by atoms with van der Waals surface area (Å²) in [6.45, 7) is 0. The molecule has 5 heteroatoms. The minimum Gasteiger partial charge on any atom is -0.496 e. The van der Waals surface area contributed by atoms with Crippen LogP contribution >= 0.6 is 15.9 Å². The second-order valence-corrected chi connectivity index (χ2v) is 3.98. The first-order chi connectivity index (χ1) is 7.04. The van der Waals surface area contributed by atoms with Crippen molar-refractivity contribution < 1.29 is 13.5 Å². The van der Waals surface area contributed by atoms with Gasteiger partial charge in [-0.15, -0.1) is 0 Å². The zero-order chi connectivity index (χ0) is 11.4. The molecule has 0 unspecified atom stereocenters. The van der Waals surface area contributed by atoms with E-state index in [1.54, 1.807) is 25.3 Å². The van der Waals surface area contributed by atoms with E-state index in [-0.39, 0.29) is 6.42 Å². The molecule has 84 valence electrons. The maximum absolute atomic E-state index is 12.1. The molecule has 1 aromatic carbocycles. The Balaban J connectivity index is 2.82. The van der Waals surface area contributed by atoms with Gasteiger partial charge in [0.05, 0.1) is 11.6 Å². The molecular weight excluding hydrogens is 268 g/mol. The third-order valence-electron chi connectivity index (χ3n) is 2.04. The number of rotatable bonds is 4. The van der Waals surface area contributed by atoms with Gasteiger partial charge in [0.2, 0.25) is 6.43 Å². The van der Waals surface area contributed by atoms with Crippen molar-refractivity contribution in [3.05, 3.63) is 28.2 Å². The van der Waals surface area contributed by atoms with Crippen LogP contribution in [0.2, 0.25) is 0 Å². The van der Waals surface area contributed by atoms with E-state index >= 15 is 0 Å². The molecule has 0 saturated heterocycles. The number of ether oxygens (including phenoxy) is 1. The fraction of sp³-hybridized carbons (Fsp3) is 0.400. The lowest BCUT2D eigenvalue weighted by atomic mass is 10.1. The number of alkyl halides is 2. The molecule has 0 aromatic heterocycles. The van der Waals surface area contributed by atoms with Crippen molar-refractivity contribution in [1.29, 1.82) is 0 Å². The summed E-state index contributed by atoms with van der Waals surface area (Å²) in [6.07, 6.45) is -2.72. The molecule has 0 fully saturated rings. The van der Waals surface area contributed by atoms with Gasteiger partial charge >= 0.3 is 0 Å². The SMILES string of the molecule is COc1ccc([C@H](N)CC(F)F)cc1Br. The Morgan fingerprint density at radius 1 is 1.47 bits per heavy atom. The van der Waals surface area contributed by atoms with Gasteiger partial charge in [-0.3, -0.25) is 0 Å². The lowest BCUT2D eigenvalue weighted by Crippen LogP contribution is -2.13. The molecule has 0 aliphatic rings. The molecule has 2 N–H and O–H groups in total. The third kappa shape index (κ3) is 3.43. The van der Waals surface area contributed by atoms with Crippen molar-refractivity contribution in [3.8, 4) is 5.75 Å². The minimum atomic E-state index is -2.39. The molecule has 0 radical (unpaired) electrons. The van der Waals surface area contributed by atoms with Gasteiger partial charge in [-0.1, -0.05) is 6.07 Å². The van der Waals surface area contributed by atoms with Crippen molar-refractivity contribution in [2.24, 2.45) is 5.73 Å². The Morgan fingerprint density at radius 3 is 2.60 bits per heavy atom. The number of methoxy groups -OCH3 is 1. The maximum Gasteiger partial charge on any atom is 0.240 e. The van der Waals surface area contributed by atoms with Crippen LogP contribution in [0.25, 0.3) is 0 Å². The van der Waals surface area contributed by atoms with Crippen molar-refractivity contribution in [2.75, 3.05) is 7.11 Å². The molecule has 1 rings (SSSR count). The Kier molecular flexibility index (Phi) is 4.47. The van der Waals surface area contributed by atoms with Crippen LogP contribution in [0, 0.1) is 0 Å². The Morgan fingerprint density at radius 2 is 2.13 bits per heavy atom. The van der Waals surface area contributed by atoms with Crippen LogP contribution < -0.4 is 10.5 Å². The maximum atomic E-state index is 12.1. The number of hydrogen-bond donors (Lipinski definition) is 1. The lowest BCUT2D eigenvalue weighted by molar-refractivity contribution is 0.128. The molecular formula is C10H12BrF2NO. The zero-order valence-electron chi connectivity index (χ0n) is 8.21. The van der Waals surface area contributed by atoms with Crippen LogP contribution in [0.1, 0.15) is 18.0 Å². The van der Waals surface area contributed by atoms with Crippen LogP contribution in [-0.4, -0.2) is 13.5 Å². The van der Waals surface area contributed by atoms with E-state index in [9.17, 15) is 8.78 Å². The zero-order valence-corrected chi connectivity index (χ0v) is 9.80. The van der Waals surface area contributed by atoms with E-state index in [1.807, 2.05) is 0 Å². The summed E-state index contributed by atoms with van der Waals surface area (Å²) in [7, 11) is 1.54. The molecule has 1 aromatic rings. The second kappa shape index (κ2) is 5.42. The van der Waals surface area contributed by atoms with Crippen molar-refractivity contribution in [2.45, 2.75) is 18.9 Å². The first-order valence-corrected chi connectivity index (χ1v) is 5.21. The molecule has 0 aliphatic heterocycles. The number of halogens is 3. The fourth-order valence-electron chi connectivity index (χ4n) is 1.24. The second-order valence-electron chi connectivity index (χ2n) is 3.13. The van der Waals surface area contributed by atoms with Gasteiger partial charge in [0.25, 0.3) is 0 Å². The molecule has 2 nitrogen and oxygen atoms in total. The standard InChI is InChI=1S/C10H12BrF2NO/c1-15-9-3-2-6(4-7(9)11)8(14)5-10(12)13/h2-4,8,10H,5,14H2,1H3/t8-/m1/s1. The molecule has 0 heterocycles. The normalized spacial score (nSPS) is 12.9. The van der Waals surface area contributed by atoms with Crippen molar-refractivity contribution >= 4 is 15.9 Å². The predicted octanol–water partition coefficient (Wildman–Crippen LogP) is 3.11. The molecule has 0 amide bonds. The highest BCUT2D eigenvalue weighted by Crippen LogP contribution is 2.28.